The molecule has 7 heteroatoms. The van der Waals surface area contributed by atoms with Crippen LogP contribution in [-0.2, 0) is 4.79 Å². The number of carbonyl (C=O) groups is 1. The quantitative estimate of drug-likeness (QED) is 0.893. The molecule has 1 fully saturated rings. The molecule has 2 rings (SSSR count). The summed E-state index contributed by atoms with van der Waals surface area (Å²) in [7, 11) is 1.87. The van der Waals surface area contributed by atoms with Crippen LogP contribution in [0.1, 0.15) is 37.3 Å². The Morgan fingerprint density at radius 3 is 2.95 bits per heavy atom. The van der Waals surface area contributed by atoms with Gasteiger partial charge in [0.15, 0.2) is 0 Å². The second kappa shape index (κ2) is 9.18. The van der Waals surface area contributed by atoms with Gasteiger partial charge in [0.25, 0.3) is 0 Å². The number of aromatic amines is 1. The fourth-order valence-corrected chi connectivity index (χ4v) is 2.40. The number of rotatable bonds is 4. The Morgan fingerprint density at radius 1 is 1.53 bits per heavy atom. The second-order valence-corrected chi connectivity index (χ2v) is 4.48. The van der Waals surface area contributed by atoms with Gasteiger partial charge in [-0.15, -0.1) is 24.8 Å². The van der Waals surface area contributed by atoms with E-state index < -0.39 is 0 Å². The average molecular weight is 309 g/mol. The molecule has 0 aromatic carbocycles. The van der Waals surface area contributed by atoms with Gasteiger partial charge in [0.2, 0.25) is 5.91 Å². The lowest BCUT2D eigenvalue weighted by Crippen LogP contribution is -2.39. The van der Waals surface area contributed by atoms with E-state index >= 15 is 0 Å². The SMILES string of the molecule is CNCCC(=O)N1CCCCC1c1cn[nH]c1.Cl.Cl. The van der Waals surface area contributed by atoms with Crippen molar-refractivity contribution in [1.29, 1.82) is 0 Å². The second-order valence-electron chi connectivity index (χ2n) is 4.48. The Hall–Kier alpha value is -0.780. The molecular weight excluding hydrogens is 287 g/mol. The monoisotopic (exact) mass is 308 g/mol. The third-order valence-corrected chi connectivity index (χ3v) is 3.32. The van der Waals surface area contributed by atoms with E-state index in [0.29, 0.717) is 6.42 Å². The lowest BCUT2D eigenvalue weighted by Gasteiger charge is -2.35. The Morgan fingerprint density at radius 2 is 2.32 bits per heavy atom. The maximum Gasteiger partial charge on any atom is 0.224 e. The number of hydrogen-bond donors (Lipinski definition) is 2. The lowest BCUT2D eigenvalue weighted by atomic mass is 9.97. The van der Waals surface area contributed by atoms with Crippen LogP contribution in [0, 0.1) is 0 Å². The van der Waals surface area contributed by atoms with Crippen LogP contribution in [0.5, 0.6) is 0 Å². The highest BCUT2D eigenvalue weighted by molar-refractivity contribution is 5.85. The molecule has 2 heterocycles. The fraction of sp³-hybridized carbons (Fsp3) is 0.667. The molecule has 110 valence electrons. The Bertz CT molecular complexity index is 359. The minimum atomic E-state index is 0. The van der Waals surface area contributed by atoms with Crippen LogP contribution in [0.3, 0.4) is 0 Å². The van der Waals surface area contributed by atoms with Gasteiger partial charge in [-0.2, -0.15) is 5.10 Å². The van der Waals surface area contributed by atoms with Gasteiger partial charge in [-0.25, -0.2) is 0 Å². The van der Waals surface area contributed by atoms with E-state index in [-0.39, 0.29) is 36.8 Å². The van der Waals surface area contributed by atoms with Crippen molar-refractivity contribution in [3.05, 3.63) is 18.0 Å². The number of H-pyrrole nitrogens is 1. The van der Waals surface area contributed by atoms with Crippen molar-refractivity contribution in [3.63, 3.8) is 0 Å². The number of aromatic nitrogens is 2. The van der Waals surface area contributed by atoms with Crippen LogP contribution in [-0.4, -0.2) is 41.1 Å². The summed E-state index contributed by atoms with van der Waals surface area (Å²) in [6.07, 6.45) is 7.64. The van der Waals surface area contributed by atoms with Gasteiger partial charge in [0.1, 0.15) is 0 Å². The number of piperidine rings is 1. The number of halogens is 2. The zero-order valence-electron chi connectivity index (χ0n) is 11.1. The van der Waals surface area contributed by atoms with E-state index in [1.54, 1.807) is 0 Å². The molecule has 1 amide bonds. The van der Waals surface area contributed by atoms with Crippen LogP contribution < -0.4 is 5.32 Å². The zero-order chi connectivity index (χ0) is 12.1. The summed E-state index contributed by atoms with van der Waals surface area (Å²) >= 11 is 0. The molecule has 0 saturated carbocycles. The highest BCUT2D eigenvalue weighted by atomic mass is 35.5. The molecule has 0 bridgehead atoms. The molecule has 2 N–H and O–H groups in total. The number of amides is 1. The maximum atomic E-state index is 12.1. The third kappa shape index (κ3) is 4.67. The molecule has 1 aliphatic heterocycles. The van der Waals surface area contributed by atoms with Gasteiger partial charge in [-0.3, -0.25) is 9.89 Å². The van der Waals surface area contributed by atoms with Gasteiger partial charge in [0, 0.05) is 31.3 Å². The first-order valence-corrected chi connectivity index (χ1v) is 6.25. The first kappa shape index (κ1) is 18.2. The van der Waals surface area contributed by atoms with Crippen molar-refractivity contribution in [2.75, 3.05) is 20.1 Å². The molecule has 0 spiro atoms. The van der Waals surface area contributed by atoms with Crippen LogP contribution >= 0.6 is 24.8 Å². The van der Waals surface area contributed by atoms with E-state index in [1.807, 2.05) is 24.3 Å². The van der Waals surface area contributed by atoms with Crippen molar-refractivity contribution in [3.8, 4) is 0 Å². The van der Waals surface area contributed by atoms with Crippen LogP contribution in [0.25, 0.3) is 0 Å². The molecule has 1 unspecified atom stereocenters. The smallest absolute Gasteiger partial charge is 0.224 e. The first-order chi connectivity index (χ1) is 8.33. The number of carbonyl (C=O) groups excluding carboxylic acids is 1. The van der Waals surface area contributed by atoms with Crippen LogP contribution in [0.15, 0.2) is 12.4 Å². The van der Waals surface area contributed by atoms with Gasteiger partial charge >= 0.3 is 0 Å². The Labute approximate surface area is 126 Å². The summed E-state index contributed by atoms with van der Waals surface area (Å²) in [6, 6.07) is 0.215. The van der Waals surface area contributed by atoms with Crippen molar-refractivity contribution < 1.29 is 4.79 Å². The van der Waals surface area contributed by atoms with E-state index in [1.165, 1.54) is 6.42 Å². The zero-order valence-corrected chi connectivity index (χ0v) is 12.7. The molecule has 0 radical (unpaired) electrons. The minimum absolute atomic E-state index is 0. The molecule has 5 nitrogen and oxygen atoms in total. The standard InChI is InChI=1S/C12H20N4O.2ClH/c1-13-6-5-12(17)16-7-3-2-4-11(16)10-8-14-15-9-10;;/h8-9,11,13H,2-7H2,1H3,(H,14,15);2*1H. The summed E-state index contributed by atoms with van der Waals surface area (Å²) in [5, 5.41) is 9.83. The average Bonchev–Trinajstić information content (AvgIpc) is 2.89. The molecular formula is C12H22Cl2N4O. The van der Waals surface area contributed by atoms with E-state index in [9.17, 15) is 4.79 Å². The molecule has 1 aromatic rings. The van der Waals surface area contributed by atoms with Gasteiger partial charge in [-0.05, 0) is 26.3 Å². The molecule has 1 atom stereocenters. The van der Waals surface area contributed by atoms with Crippen LogP contribution in [0.2, 0.25) is 0 Å². The van der Waals surface area contributed by atoms with Crippen molar-refractivity contribution in [2.45, 2.75) is 31.7 Å². The number of likely N-dealkylation sites (tertiary alicyclic amines) is 1. The number of nitrogens with zero attached hydrogens (tertiary/aromatic N) is 2. The highest BCUT2D eigenvalue weighted by Gasteiger charge is 2.27. The predicted octanol–water partition coefficient (Wildman–Crippen LogP) is 1.92. The molecule has 1 saturated heterocycles. The number of nitrogens with one attached hydrogen (secondary N) is 2. The Balaban J connectivity index is 0.00000162. The summed E-state index contributed by atoms with van der Waals surface area (Å²) < 4.78 is 0. The number of hydrogen-bond acceptors (Lipinski definition) is 3. The highest BCUT2D eigenvalue weighted by Crippen LogP contribution is 2.30. The normalized spacial score (nSPS) is 18.4. The molecule has 0 aliphatic carbocycles. The van der Waals surface area contributed by atoms with Gasteiger partial charge in [0.05, 0.1) is 12.2 Å². The van der Waals surface area contributed by atoms with Crippen molar-refractivity contribution >= 4 is 30.7 Å². The maximum absolute atomic E-state index is 12.1. The summed E-state index contributed by atoms with van der Waals surface area (Å²) in [5.41, 5.74) is 1.13. The van der Waals surface area contributed by atoms with E-state index in [4.69, 9.17) is 0 Å². The van der Waals surface area contributed by atoms with Crippen LogP contribution in [0.4, 0.5) is 0 Å². The largest absolute Gasteiger partial charge is 0.336 e. The van der Waals surface area contributed by atoms with Gasteiger partial charge < -0.3 is 10.2 Å². The third-order valence-electron chi connectivity index (χ3n) is 3.32. The molecule has 1 aliphatic rings. The van der Waals surface area contributed by atoms with Crippen molar-refractivity contribution in [1.82, 2.24) is 20.4 Å². The minimum Gasteiger partial charge on any atom is -0.336 e. The molecule has 1 aromatic heterocycles. The summed E-state index contributed by atoms with van der Waals surface area (Å²) in [6.45, 7) is 1.62. The van der Waals surface area contributed by atoms with E-state index in [0.717, 1.165) is 31.5 Å². The predicted molar refractivity (Wildman–Crippen MR) is 79.9 cm³/mol. The molecule has 19 heavy (non-hydrogen) atoms. The van der Waals surface area contributed by atoms with E-state index in [2.05, 4.69) is 15.5 Å². The summed E-state index contributed by atoms with van der Waals surface area (Å²) in [5.74, 6) is 0.241. The summed E-state index contributed by atoms with van der Waals surface area (Å²) in [4.78, 5) is 14.1. The topological polar surface area (TPSA) is 61.0 Å². The fourth-order valence-electron chi connectivity index (χ4n) is 2.40. The lowest BCUT2D eigenvalue weighted by molar-refractivity contribution is -0.134. The first-order valence-electron chi connectivity index (χ1n) is 6.25. The van der Waals surface area contributed by atoms with Gasteiger partial charge in [-0.1, -0.05) is 0 Å². The Kier molecular flexibility index (Phi) is 8.80. The van der Waals surface area contributed by atoms with Crippen molar-refractivity contribution in [2.24, 2.45) is 0 Å².